The van der Waals surface area contributed by atoms with Crippen LogP contribution in [0.1, 0.15) is 75.2 Å². The molecule has 0 unspecified atom stereocenters. The van der Waals surface area contributed by atoms with Gasteiger partial charge in [-0.15, -0.1) is 0 Å². The molecule has 1 N–H and O–H groups in total. The Hall–Kier alpha value is -1.05. The van der Waals surface area contributed by atoms with E-state index < -0.39 is 5.92 Å². The highest BCUT2D eigenvalue weighted by molar-refractivity contribution is 5.34. The van der Waals surface area contributed by atoms with E-state index in [0.29, 0.717) is 5.92 Å². The van der Waals surface area contributed by atoms with Crippen LogP contribution in [0, 0.1) is 5.41 Å². The summed E-state index contributed by atoms with van der Waals surface area (Å²) in [5, 5.41) is 7.85. The first-order valence-electron chi connectivity index (χ1n) is 11.6. The second kappa shape index (κ2) is 8.14. The van der Waals surface area contributed by atoms with E-state index in [4.69, 9.17) is 4.74 Å². The van der Waals surface area contributed by atoms with Gasteiger partial charge >= 0.3 is 0 Å². The molecule has 1 aliphatic carbocycles. The van der Waals surface area contributed by atoms with Crippen molar-refractivity contribution in [2.24, 2.45) is 5.41 Å². The van der Waals surface area contributed by atoms with Crippen LogP contribution in [-0.2, 0) is 24.2 Å². The zero-order valence-corrected chi connectivity index (χ0v) is 19.1. The van der Waals surface area contributed by atoms with E-state index in [1.165, 1.54) is 6.42 Å². The standard InChI is InChI=1S/C23H38F2N4O/c1-21(2)9-10-22(30-16-21)7-5-17(6-8-22)20-18(14-28(4)12-11-26-3)27-29-15-23(24,25)13-19(20)29/h17,26H,5-16H2,1-4H3. The molecule has 30 heavy (non-hydrogen) atoms. The van der Waals surface area contributed by atoms with Crippen molar-refractivity contribution in [1.29, 1.82) is 0 Å². The normalized spacial score (nSPS) is 30.2. The minimum absolute atomic E-state index is 0.00996. The van der Waals surface area contributed by atoms with E-state index in [0.717, 1.165) is 75.3 Å². The van der Waals surface area contributed by atoms with Crippen LogP contribution in [0.4, 0.5) is 8.78 Å². The van der Waals surface area contributed by atoms with Gasteiger partial charge in [0.1, 0.15) is 6.54 Å². The van der Waals surface area contributed by atoms with Crippen molar-refractivity contribution in [1.82, 2.24) is 20.0 Å². The minimum atomic E-state index is -2.67. The fraction of sp³-hybridized carbons (Fsp3) is 0.870. The highest BCUT2D eigenvalue weighted by Gasteiger charge is 2.46. The van der Waals surface area contributed by atoms with Crippen LogP contribution in [0.15, 0.2) is 0 Å². The number of likely N-dealkylation sites (N-methyl/N-ethyl adjacent to an activating group) is 2. The molecule has 0 atom stereocenters. The SMILES string of the molecule is CNCCN(C)Cc1nn2c(c1C1CCC3(CC1)CCC(C)(C)CO3)CC(F)(F)C2. The van der Waals surface area contributed by atoms with Gasteiger partial charge in [0.2, 0.25) is 0 Å². The summed E-state index contributed by atoms with van der Waals surface area (Å²) in [4.78, 5) is 2.23. The van der Waals surface area contributed by atoms with Crippen LogP contribution >= 0.6 is 0 Å². The fourth-order valence-electron chi connectivity index (χ4n) is 5.51. The van der Waals surface area contributed by atoms with Gasteiger partial charge in [-0.3, -0.25) is 9.58 Å². The molecule has 1 aromatic heterocycles. The van der Waals surface area contributed by atoms with E-state index in [1.807, 2.05) is 7.05 Å². The molecule has 0 aromatic carbocycles. The number of rotatable bonds is 6. The minimum Gasteiger partial charge on any atom is -0.374 e. The monoisotopic (exact) mass is 424 g/mol. The lowest BCUT2D eigenvalue weighted by molar-refractivity contribution is -0.142. The van der Waals surface area contributed by atoms with Crippen molar-refractivity contribution in [3.63, 3.8) is 0 Å². The Morgan fingerprint density at radius 1 is 1.20 bits per heavy atom. The van der Waals surface area contributed by atoms with E-state index in [9.17, 15) is 8.78 Å². The second-order valence-corrected chi connectivity index (χ2v) is 10.7. The highest BCUT2D eigenvalue weighted by Crippen LogP contribution is 2.49. The van der Waals surface area contributed by atoms with Crippen molar-refractivity contribution in [3.05, 3.63) is 17.0 Å². The van der Waals surface area contributed by atoms with Crippen LogP contribution in [0.2, 0.25) is 0 Å². The van der Waals surface area contributed by atoms with Gasteiger partial charge in [0, 0.05) is 30.9 Å². The lowest BCUT2D eigenvalue weighted by atomic mass is 9.70. The molecule has 1 saturated heterocycles. The maximum Gasteiger partial charge on any atom is 0.272 e. The molecule has 3 aliphatic rings. The number of hydrogen-bond donors (Lipinski definition) is 1. The number of nitrogens with one attached hydrogen (secondary N) is 1. The van der Waals surface area contributed by atoms with Gasteiger partial charge in [0.15, 0.2) is 0 Å². The summed E-state index contributed by atoms with van der Waals surface area (Å²) in [6, 6.07) is 0. The second-order valence-electron chi connectivity index (χ2n) is 10.7. The van der Waals surface area contributed by atoms with Crippen LogP contribution < -0.4 is 5.32 Å². The Labute approximate surface area is 179 Å². The van der Waals surface area contributed by atoms with E-state index in [-0.39, 0.29) is 24.0 Å². The molecule has 3 heterocycles. The van der Waals surface area contributed by atoms with E-state index in [2.05, 4.69) is 36.2 Å². The predicted octanol–water partition coefficient (Wildman–Crippen LogP) is 3.96. The van der Waals surface area contributed by atoms with Crippen LogP contribution in [0.3, 0.4) is 0 Å². The lowest BCUT2D eigenvalue weighted by Crippen LogP contribution is -2.44. The zero-order valence-electron chi connectivity index (χ0n) is 19.1. The van der Waals surface area contributed by atoms with Gasteiger partial charge in [-0.25, -0.2) is 8.78 Å². The summed E-state index contributed by atoms with van der Waals surface area (Å²) in [6.07, 6.45) is 6.25. The molecule has 5 nitrogen and oxygen atoms in total. The van der Waals surface area contributed by atoms with Crippen molar-refractivity contribution in [2.45, 2.75) is 89.3 Å². The van der Waals surface area contributed by atoms with Crippen LogP contribution in [-0.4, -0.2) is 60.0 Å². The van der Waals surface area contributed by atoms with Gasteiger partial charge < -0.3 is 10.1 Å². The Morgan fingerprint density at radius 2 is 1.93 bits per heavy atom. The quantitative estimate of drug-likeness (QED) is 0.751. The molecule has 2 fully saturated rings. The van der Waals surface area contributed by atoms with Gasteiger partial charge in [-0.2, -0.15) is 5.10 Å². The Kier molecular flexibility index (Phi) is 6.01. The first kappa shape index (κ1) is 22.2. The summed E-state index contributed by atoms with van der Waals surface area (Å²) in [5.74, 6) is -2.35. The number of ether oxygens (including phenoxy) is 1. The molecule has 2 aliphatic heterocycles. The smallest absolute Gasteiger partial charge is 0.272 e. The average molecular weight is 425 g/mol. The maximum atomic E-state index is 14.1. The van der Waals surface area contributed by atoms with Crippen molar-refractivity contribution < 1.29 is 13.5 Å². The highest BCUT2D eigenvalue weighted by atomic mass is 19.3. The third-order valence-electron chi connectivity index (χ3n) is 7.48. The molecule has 0 radical (unpaired) electrons. The molecule has 1 aromatic rings. The molecule has 0 amide bonds. The van der Waals surface area contributed by atoms with Crippen LogP contribution in [0.5, 0.6) is 0 Å². The topological polar surface area (TPSA) is 42.3 Å². The first-order chi connectivity index (χ1) is 14.1. The molecule has 0 bridgehead atoms. The molecule has 170 valence electrons. The van der Waals surface area contributed by atoms with E-state index >= 15 is 0 Å². The Morgan fingerprint density at radius 3 is 2.57 bits per heavy atom. The number of halogens is 2. The third-order valence-corrected chi connectivity index (χ3v) is 7.48. The fourth-order valence-corrected chi connectivity index (χ4v) is 5.51. The molecule has 1 spiro atoms. The molecular formula is C23H38F2N4O. The molecule has 1 saturated carbocycles. The zero-order chi connectivity index (χ0) is 21.6. The maximum absolute atomic E-state index is 14.1. The van der Waals surface area contributed by atoms with Crippen molar-refractivity contribution >= 4 is 0 Å². The Balaban J connectivity index is 1.50. The first-order valence-corrected chi connectivity index (χ1v) is 11.6. The van der Waals surface area contributed by atoms with Gasteiger partial charge in [-0.05, 0) is 64.0 Å². The summed E-state index contributed by atoms with van der Waals surface area (Å²) in [6.45, 7) is 7.63. The Bertz CT molecular complexity index is 741. The molecule has 7 heteroatoms. The number of aromatic nitrogens is 2. The summed E-state index contributed by atoms with van der Waals surface area (Å²) < 4.78 is 36.3. The van der Waals surface area contributed by atoms with E-state index in [1.54, 1.807) is 4.68 Å². The number of fused-ring (bicyclic) bond motifs is 1. The van der Waals surface area contributed by atoms with Gasteiger partial charge in [-0.1, -0.05) is 13.8 Å². The summed E-state index contributed by atoms with van der Waals surface area (Å²) in [5.41, 5.74) is 3.19. The van der Waals surface area contributed by atoms with Gasteiger partial charge in [0.25, 0.3) is 5.92 Å². The van der Waals surface area contributed by atoms with Crippen molar-refractivity contribution in [2.75, 3.05) is 33.8 Å². The van der Waals surface area contributed by atoms with Crippen LogP contribution in [0.25, 0.3) is 0 Å². The largest absolute Gasteiger partial charge is 0.374 e. The predicted molar refractivity (Wildman–Crippen MR) is 114 cm³/mol. The lowest BCUT2D eigenvalue weighted by Gasteiger charge is -2.47. The number of alkyl halides is 2. The number of nitrogens with zero attached hydrogens (tertiary/aromatic N) is 3. The summed E-state index contributed by atoms with van der Waals surface area (Å²) >= 11 is 0. The van der Waals surface area contributed by atoms with Crippen molar-refractivity contribution in [3.8, 4) is 0 Å². The third kappa shape index (κ3) is 4.58. The van der Waals surface area contributed by atoms with Gasteiger partial charge in [0.05, 0.1) is 24.3 Å². The molecule has 4 rings (SSSR count). The number of hydrogen-bond acceptors (Lipinski definition) is 4. The summed E-state index contributed by atoms with van der Waals surface area (Å²) in [7, 11) is 4.02. The average Bonchev–Trinajstić information content (AvgIpc) is 3.14. The molecular weight excluding hydrogens is 386 g/mol.